The van der Waals surface area contributed by atoms with Crippen LogP contribution in [0.4, 0.5) is 0 Å². The fraction of sp³-hybridized carbons (Fsp3) is 0.500. The van der Waals surface area contributed by atoms with Gasteiger partial charge in [0.25, 0.3) is 0 Å². The van der Waals surface area contributed by atoms with Crippen molar-refractivity contribution in [3.05, 3.63) is 65.7 Å². The molecule has 1 aliphatic heterocycles. The maximum atomic E-state index is 12.7. The van der Waals surface area contributed by atoms with Gasteiger partial charge in [-0.15, -0.1) is 0 Å². The van der Waals surface area contributed by atoms with Gasteiger partial charge in [0.15, 0.2) is 0 Å². The molecule has 2 N–H and O–H groups in total. The number of aryl methyl sites for hydroxylation is 1. The van der Waals surface area contributed by atoms with Gasteiger partial charge in [0.2, 0.25) is 15.9 Å². The van der Waals surface area contributed by atoms with Gasteiger partial charge in [0, 0.05) is 25.0 Å². The largest absolute Gasteiger partial charge is 0.354 e. The van der Waals surface area contributed by atoms with E-state index in [1.54, 1.807) is 24.3 Å². The number of nitrogens with one attached hydrogen (secondary N) is 2. The molecule has 4 rings (SSSR count). The van der Waals surface area contributed by atoms with Gasteiger partial charge in [-0.3, -0.25) is 9.69 Å². The lowest BCUT2D eigenvalue weighted by molar-refractivity contribution is -0.123. The van der Waals surface area contributed by atoms with Crippen molar-refractivity contribution >= 4 is 15.9 Å². The first-order valence-electron chi connectivity index (χ1n) is 12.0. The summed E-state index contributed by atoms with van der Waals surface area (Å²) in [7, 11) is -3.51. The number of likely N-dealkylation sites (tertiary alicyclic amines) is 1. The first-order chi connectivity index (χ1) is 15.9. The quantitative estimate of drug-likeness (QED) is 0.591. The highest BCUT2D eigenvalue weighted by Crippen LogP contribution is 2.43. The van der Waals surface area contributed by atoms with E-state index in [-0.39, 0.29) is 17.2 Å². The highest BCUT2D eigenvalue weighted by atomic mass is 32.2. The van der Waals surface area contributed by atoms with Crippen LogP contribution in [0.3, 0.4) is 0 Å². The van der Waals surface area contributed by atoms with Crippen LogP contribution in [0.25, 0.3) is 0 Å². The summed E-state index contributed by atoms with van der Waals surface area (Å²) < 4.78 is 27.9. The number of hydrogen-bond donors (Lipinski definition) is 2. The summed E-state index contributed by atoms with van der Waals surface area (Å²) in [5.74, 6) is 0.257. The molecule has 1 heterocycles. The molecule has 1 saturated heterocycles. The van der Waals surface area contributed by atoms with Crippen LogP contribution in [0.2, 0.25) is 0 Å². The van der Waals surface area contributed by atoms with Crippen LogP contribution in [0.5, 0.6) is 0 Å². The van der Waals surface area contributed by atoms with Crippen molar-refractivity contribution in [2.75, 3.05) is 32.7 Å². The lowest BCUT2D eigenvalue weighted by atomic mass is 9.64. The fourth-order valence-electron chi connectivity index (χ4n) is 4.98. The second-order valence-corrected chi connectivity index (χ2v) is 11.5. The van der Waals surface area contributed by atoms with Crippen molar-refractivity contribution in [2.45, 2.75) is 49.3 Å². The average molecular weight is 470 g/mol. The zero-order valence-corrected chi connectivity index (χ0v) is 20.2. The first-order valence-corrected chi connectivity index (χ1v) is 13.5. The number of carbonyl (C=O) groups is 1. The maximum absolute atomic E-state index is 12.7. The lowest BCUT2D eigenvalue weighted by Crippen LogP contribution is -2.49. The van der Waals surface area contributed by atoms with E-state index < -0.39 is 10.0 Å². The van der Waals surface area contributed by atoms with Crippen LogP contribution in [-0.2, 0) is 20.2 Å². The Morgan fingerprint density at radius 2 is 1.79 bits per heavy atom. The molecule has 178 valence electrons. The number of piperidine rings is 1. The van der Waals surface area contributed by atoms with Gasteiger partial charge in [0.05, 0.1) is 11.4 Å². The van der Waals surface area contributed by atoms with Gasteiger partial charge in [-0.2, -0.15) is 0 Å². The molecule has 6 nitrogen and oxygen atoms in total. The van der Waals surface area contributed by atoms with Crippen molar-refractivity contribution in [2.24, 2.45) is 5.92 Å². The summed E-state index contributed by atoms with van der Waals surface area (Å²) in [5.41, 5.74) is 2.42. The predicted molar refractivity (Wildman–Crippen MR) is 131 cm³/mol. The van der Waals surface area contributed by atoms with Crippen LogP contribution in [0.1, 0.15) is 43.2 Å². The summed E-state index contributed by atoms with van der Waals surface area (Å²) in [6.07, 6.45) is 5.37. The van der Waals surface area contributed by atoms with Crippen molar-refractivity contribution in [3.63, 3.8) is 0 Å². The number of benzene rings is 2. The van der Waals surface area contributed by atoms with Crippen LogP contribution in [0.15, 0.2) is 59.5 Å². The SMILES string of the molecule is Cc1ccc(S(=O)(=O)NCC2CCCN(CC(=O)NCC3(c4ccccc4)CCC3)C2)cc1. The van der Waals surface area contributed by atoms with Crippen LogP contribution < -0.4 is 10.0 Å². The number of rotatable bonds is 9. The normalized spacial score (nSPS) is 20.7. The number of hydrogen-bond acceptors (Lipinski definition) is 4. The van der Waals surface area contributed by atoms with Crippen molar-refractivity contribution in [1.29, 1.82) is 0 Å². The fourth-order valence-corrected chi connectivity index (χ4v) is 6.10. The molecular weight excluding hydrogens is 434 g/mol. The van der Waals surface area contributed by atoms with Gasteiger partial charge in [-0.05, 0) is 62.8 Å². The zero-order valence-electron chi connectivity index (χ0n) is 19.4. The van der Waals surface area contributed by atoms with Crippen molar-refractivity contribution < 1.29 is 13.2 Å². The van der Waals surface area contributed by atoms with Gasteiger partial charge < -0.3 is 5.32 Å². The molecule has 1 amide bonds. The Bertz CT molecular complexity index is 1030. The molecule has 0 aromatic heterocycles. The third-order valence-corrected chi connectivity index (χ3v) is 8.62. The molecule has 2 aromatic carbocycles. The minimum absolute atomic E-state index is 0.0538. The Kier molecular flexibility index (Phi) is 7.51. The molecule has 1 unspecified atom stereocenters. The summed E-state index contributed by atoms with van der Waals surface area (Å²) >= 11 is 0. The Balaban J connectivity index is 1.25. The maximum Gasteiger partial charge on any atom is 0.240 e. The van der Waals surface area contributed by atoms with E-state index >= 15 is 0 Å². The molecule has 0 bridgehead atoms. The Morgan fingerprint density at radius 3 is 2.45 bits per heavy atom. The van der Waals surface area contributed by atoms with E-state index in [1.165, 1.54) is 12.0 Å². The molecule has 1 atom stereocenters. The van der Waals surface area contributed by atoms with Gasteiger partial charge in [-0.1, -0.05) is 54.4 Å². The highest BCUT2D eigenvalue weighted by Gasteiger charge is 2.38. The Hall–Kier alpha value is -2.22. The van der Waals surface area contributed by atoms with E-state index in [1.807, 2.05) is 13.0 Å². The van der Waals surface area contributed by atoms with Crippen molar-refractivity contribution in [1.82, 2.24) is 14.9 Å². The number of carbonyl (C=O) groups excluding carboxylic acids is 1. The van der Waals surface area contributed by atoms with E-state index in [0.29, 0.717) is 24.5 Å². The van der Waals surface area contributed by atoms with E-state index in [4.69, 9.17) is 0 Å². The summed E-state index contributed by atoms with van der Waals surface area (Å²) in [6.45, 7) is 4.98. The molecule has 1 saturated carbocycles. The van der Waals surface area contributed by atoms with Crippen LogP contribution in [-0.4, -0.2) is 51.9 Å². The molecule has 7 heteroatoms. The molecule has 2 fully saturated rings. The summed E-state index contributed by atoms with van der Waals surface area (Å²) in [6, 6.07) is 17.4. The van der Waals surface area contributed by atoms with Crippen LogP contribution >= 0.6 is 0 Å². The topological polar surface area (TPSA) is 78.5 Å². The van der Waals surface area contributed by atoms with Crippen molar-refractivity contribution in [3.8, 4) is 0 Å². The molecule has 33 heavy (non-hydrogen) atoms. The average Bonchev–Trinajstić information content (AvgIpc) is 2.78. The standard InChI is InChI=1S/C26H35N3O3S/c1-21-10-12-24(13-11-21)33(31,32)28-17-22-7-5-16-29(18-22)19-25(30)27-20-26(14-6-15-26)23-8-3-2-4-9-23/h2-4,8-13,22,28H,5-7,14-20H2,1H3,(H,27,30). The van der Waals surface area contributed by atoms with E-state index in [2.05, 4.69) is 39.2 Å². The predicted octanol–water partition coefficient (Wildman–Crippen LogP) is 3.22. The van der Waals surface area contributed by atoms with E-state index in [9.17, 15) is 13.2 Å². The lowest BCUT2D eigenvalue weighted by Gasteiger charge is -2.43. The molecule has 0 spiro atoms. The highest BCUT2D eigenvalue weighted by molar-refractivity contribution is 7.89. The second-order valence-electron chi connectivity index (χ2n) is 9.68. The number of sulfonamides is 1. The Labute approximate surface area is 197 Å². The van der Waals surface area contributed by atoms with Gasteiger partial charge in [-0.25, -0.2) is 13.1 Å². The molecule has 2 aromatic rings. The van der Waals surface area contributed by atoms with Crippen LogP contribution in [0, 0.1) is 12.8 Å². The van der Waals surface area contributed by atoms with Gasteiger partial charge >= 0.3 is 0 Å². The summed E-state index contributed by atoms with van der Waals surface area (Å²) in [5, 5.41) is 3.18. The molecular formula is C26H35N3O3S. The molecule has 1 aliphatic carbocycles. The van der Waals surface area contributed by atoms with Gasteiger partial charge in [0.1, 0.15) is 0 Å². The summed E-state index contributed by atoms with van der Waals surface area (Å²) in [4.78, 5) is 15.1. The smallest absolute Gasteiger partial charge is 0.240 e. The Morgan fingerprint density at radius 1 is 1.06 bits per heavy atom. The second kappa shape index (κ2) is 10.4. The minimum atomic E-state index is -3.51. The van der Waals surface area contributed by atoms with E-state index in [0.717, 1.165) is 44.3 Å². The first kappa shape index (κ1) is 23.9. The number of amides is 1. The monoisotopic (exact) mass is 469 g/mol. The molecule has 2 aliphatic rings. The number of nitrogens with zero attached hydrogens (tertiary/aromatic N) is 1. The minimum Gasteiger partial charge on any atom is -0.354 e. The third-order valence-electron chi connectivity index (χ3n) is 7.18. The molecule has 0 radical (unpaired) electrons. The third kappa shape index (κ3) is 6.02. The zero-order chi connectivity index (χ0) is 23.3.